The van der Waals surface area contributed by atoms with E-state index in [0.717, 1.165) is 22.0 Å². The molecule has 3 aromatic rings. The molecule has 0 radical (unpaired) electrons. The number of benzene rings is 2. The molecular formula is C23H26N2O4. The van der Waals surface area contributed by atoms with Gasteiger partial charge in [0.15, 0.2) is 0 Å². The van der Waals surface area contributed by atoms with E-state index < -0.39 is 6.09 Å². The van der Waals surface area contributed by atoms with Crippen LogP contribution in [0.25, 0.3) is 10.9 Å². The number of H-pyrrole nitrogens is 1. The van der Waals surface area contributed by atoms with Crippen LogP contribution >= 0.6 is 0 Å². The number of carbonyl (C=O) groups excluding carboxylic acids is 2. The number of ether oxygens (including phenoxy) is 2. The fourth-order valence-electron chi connectivity index (χ4n) is 3.28. The van der Waals surface area contributed by atoms with Crippen molar-refractivity contribution in [3.8, 4) is 0 Å². The number of amides is 1. The molecule has 0 aliphatic heterocycles. The van der Waals surface area contributed by atoms with Crippen LogP contribution < -0.4 is 0 Å². The highest BCUT2D eigenvalue weighted by atomic mass is 16.6. The van der Waals surface area contributed by atoms with Crippen molar-refractivity contribution in [1.82, 2.24) is 9.88 Å². The molecule has 1 heterocycles. The molecule has 2 aromatic carbocycles. The van der Waals surface area contributed by atoms with Crippen molar-refractivity contribution in [3.05, 3.63) is 71.9 Å². The Balaban J connectivity index is 1.72. The quantitative estimate of drug-likeness (QED) is 0.578. The molecule has 0 aliphatic carbocycles. The Kier molecular flexibility index (Phi) is 6.89. The summed E-state index contributed by atoms with van der Waals surface area (Å²) < 4.78 is 10.6. The largest absolute Gasteiger partial charge is 0.466 e. The van der Waals surface area contributed by atoms with Gasteiger partial charge in [0.1, 0.15) is 6.61 Å². The number of aromatic amines is 1. The molecule has 29 heavy (non-hydrogen) atoms. The summed E-state index contributed by atoms with van der Waals surface area (Å²) in [5, 5.41) is 1.08. The zero-order valence-electron chi connectivity index (χ0n) is 16.8. The van der Waals surface area contributed by atoms with Crippen molar-refractivity contribution in [3.63, 3.8) is 0 Å². The summed E-state index contributed by atoms with van der Waals surface area (Å²) >= 11 is 0. The zero-order valence-corrected chi connectivity index (χ0v) is 16.8. The van der Waals surface area contributed by atoms with Gasteiger partial charge in [-0.2, -0.15) is 0 Å². The number of nitrogens with one attached hydrogen (secondary N) is 1. The lowest BCUT2D eigenvalue weighted by atomic mass is 10.0. The minimum atomic E-state index is -0.469. The third kappa shape index (κ3) is 5.38. The number of rotatable bonds is 8. The van der Waals surface area contributed by atoms with Crippen molar-refractivity contribution in [2.45, 2.75) is 32.4 Å². The van der Waals surface area contributed by atoms with Gasteiger partial charge in [-0.05, 0) is 30.5 Å². The van der Waals surface area contributed by atoms with Crippen molar-refractivity contribution in [1.29, 1.82) is 0 Å². The third-order valence-electron chi connectivity index (χ3n) is 4.88. The molecule has 0 saturated heterocycles. The van der Waals surface area contributed by atoms with E-state index in [1.807, 2.05) is 60.8 Å². The molecular weight excluding hydrogens is 368 g/mol. The topological polar surface area (TPSA) is 71.6 Å². The number of para-hydroxylation sites is 1. The lowest BCUT2D eigenvalue weighted by Crippen LogP contribution is -2.40. The Bertz CT molecular complexity index is 952. The highest BCUT2D eigenvalue weighted by Gasteiger charge is 2.26. The van der Waals surface area contributed by atoms with E-state index in [0.29, 0.717) is 13.0 Å². The smallest absolute Gasteiger partial charge is 0.410 e. The van der Waals surface area contributed by atoms with Crippen molar-refractivity contribution in [2.24, 2.45) is 0 Å². The lowest BCUT2D eigenvalue weighted by molar-refractivity contribution is -0.144. The number of esters is 1. The van der Waals surface area contributed by atoms with Crippen molar-refractivity contribution < 1.29 is 19.1 Å². The molecule has 0 saturated carbocycles. The Morgan fingerprint density at radius 1 is 1.03 bits per heavy atom. The maximum absolute atomic E-state index is 12.6. The van der Waals surface area contributed by atoms with Crippen LogP contribution in [0, 0.1) is 0 Å². The maximum Gasteiger partial charge on any atom is 0.410 e. The average Bonchev–Trinajstić information content (AvgIpc) is 3.15. The summed E-state index contributed by atoms with van der Waals surface area (Å²) in [5.74, 6) is -0.333. The molecule has 6 heteroatoms. The standard InChI is InChI=1S/C23H26N2O4/c1-3-28-22(26)14-19(13-18-15-24-21-12-8-7-11-20(18)21)25(2)23(27)29-16-17-9-5-4-6-10-17/h4-12,15,19,24H,3,13-14,16H2,1-2H3. The Labute approximate surface area is 170 Å². The molecule has 1 atom stereocenters. The molecule has 1 amide bonds. The number of carbonyl (C=O) groups is 2. The highest BCUT2D eigenvalue weighted by molar-refractivity contribution is 5.83. The summed E-state index contributed by atoms with van der Waals surface area (Å²) in [5.41, 5.74) is 2.97. The van der Waals surface area contributed by atoms with Gasteiger partial charge in [-0.1, -0.05) is 48.5 Å². The fraction of sp³-hybridized carbons (Fsp3) is 0.304. The van der Waals surface area contributed by atoms with Crippen LogP contribution in [-0.2, 0) is 27.3 Å². The van der Waals surface area contributed by atoms with Crippen LogP contribution in [0.4, 0.5) is 4.79 Å². The van der Waals surface area contributed by atoms with Gasteiger partial charge in [-0.15, -0.1) is 0 Å². The van der Waals surface area contributed by atoms with Gasteiger partial charge in [0.2, 0.25) is 0 Å². The summed E-state index contributed by atoms with van der Waals surface area (Å²) in [6.07, 6.45) is 2.07. The van der Waals surface area contributed by atoms with Gasteiger partial charge >= 0.3 is 12.1 Å². The minimum absolute atomic E-state index is 0.101. The predicted molar refractivity (Wildman–Crippen MR) is 111 cm³/mol. The van der Waals surface area contributed by atoms with Crippen LogP contribution in [0.5, 0.6) is 0 Å². The van der Waals surface area contributed by atoms with Gasteiger partial charge in [-0.25, -0.2) is 4.79 Å². The second kappa shape index (κ2) is 9.78. The summed E-state index contributed by atoms with van der Waals surface area (Å²) in [6.45, 7) is 2.26. The van der Waals surface area contributed by atoms with E-state index in [4.69, 9.17) is 9.47 Å². The molecule has 152 valence electrons. The number of aromatic nitrogens is 1. The monoisotopic (exact) mass is 394 g/mol. The van der Waals surface area contributed by atoms with Crippen molar-refractivity contribution >= 4 is 23.0 Å². The first-order valence-corrected chi connectivity index (χ1v) is 9.72. The van der Waals surface area contributed by atoms with Crippen LogP contribution in [-0.4, -0.2) is 41.6 Å². The molecule has 1 unspecified atom stereocenters. The molecule has 0 spiro atoms. The first kappa shape index (κ1) is 20.5. The molecule has 1 N–H and O–H groups in total. The van der Waals surface area contributed by atoms with Gasteiger partial charge < -0.3 is 19.4 Å². The summed E-state index contributed by atoms with van der Waals surface area (Å²) in [6, 6.07) is 17.1. The summed E-state index contributed by atoms with van der Waals surface area (Å²) in [4.78, 5) is 29.5. The molecule has 0 fully saturated rings. The number of hydrogen-bond donors (Lipinski definition) is 1. The second-order valence-electron chi connectivity index (χ2n) is 6.88. The van der Waals surface area contributed by atoms with Crippen molar-refractivity contribution in [2.75, 3.05) is 13.7 Å². The maximum atomic E-state index is 12.6. The normalized spacial score (nSPS) is 11.8. The molecule has 0 aliphatic rings. The van der Waals surface area contributed by atoms with Gasteiger partial charge in [0.25, 0.3) is 0 Å². The molecule has 3 rings (SSSR count). The van der Waals surface area contributed by atoms with E-state index in [2.05, 4.69) is 4.98 Å². The average molecular weight is 394 g/mol. The van der Waals surface area contributed by atoms with Crippen LogP contribution in [0.2, 0.25) is 0 Å². The van der Waals surface area contributed by atoms with E-state index in [1.165, 1.54) is 4.90 Å². The predicted octanol–water partition coefficient (Wildman–Crippen LogP) is 4.30. The number of nitrogens with zero attached hydrogens (tertiary/aromatic N) is 1. The number of fused-ring (bicyclic) bond motifs is 1. The number of likely N-dealkylation sites (N-methyl/N-ethyl adjacent to an activating group) is 1. The summed E-state index contributed by atoms with van der Waals surface area (Å²) in [7, 11) is 1.66. The first-order chi connectivity index (χ1) is 14.1. The fourth-order valence-corrected chi connectivity index (χ4v) is 3.28. The van der Waals surface area contributed by atoms with E-state index >= 15 is 0 Å². The first-order valence-electron chi connectivity index (χ1n) is 9.72. The van der Waals surface area contributed by atoms with E-state index in [9.17, 15) is 9.59 Å². The Morgan fingerprint density at radius 2 is 1.76 bits per heavy atom. The van der Waals surface area contributed by atoms with E-state index in [-0.39, 0.29) is 25.0 Å². The Hall–Kier alpha value is -3.28. The number of hydrogen-bond acceptors (Lipinski definition) is 4. The minimum Gasteiger partial charge on any atom is -0.466 e. The van der Waals surface area contributed by atoms with Gasteiger partial charge in [-0.3, -0.25) is 4.79 Å². The van der Waals surface area contributed by atoms with Crippen LogP contribution in [0.15, 0.2) is 60.8 Å². The van der Waals surface area contributed by atoms with Gasteiger partial charge in [0.05, 0.1) is 13.0 Å². The second-order valence-corrected chi connectivity index (χ2v) is 6.88. The van der Waals surface area contributed by atoms with Gasteiger partial charge in [0, 0.05) is 30.2 Å². The van der Waals surface area contributed by atoms with Crippen LogP contribution in [0.1, 0.15) is 24.5 Å². The van der Waals surface area contributed by atoms with E-state index in [1.54, 1.807) is 14.0 Å². The molecule has 0 bridgehead atoms. The lowest BCUT2D eigenvalue weighted by Gasteiger charge is -2.27. The zero-order chi connectivity index (χ0) is 20.6. The Morgan fingerprint density at radius 3 is 2.52 bits per heavy atom. The highest BCUT2D eigenvalue weighted by Crippen LogP contribution is 2.22. The van der Waals surface area contributed by atoms with Crippen LogP contribution in [0.3, 0.4) is 0 Å². The molecule has 1 aromatic heterocycles. The SMILES string of the molecule is CCOC(=O)CC(Cc1c[nH]c2ccccc12)N(C)C(=O)OCc1ccccc1. The molecule has 6 nitrogen and oxygen atoms in total. The third-order valence-corrected chi connectivity index (χ3v) is 4.88.